The van der Waals surface area contributed by atoms with Crippen LogP contribution in [0.4, 0.5) is 0 Å². The molecule has 0 aliphatic carbocycles. The lowest BCUT2D eigenvalue weighted by atomic mass is 10.1. The van der Waals surface area contributed by atoms with Crippen LogP contribution in [0.1, 0.15) is 24.1 Å². The first-order chi connectivity index (χ1) is 11.4. The zero-order valence-electron chi connectivity index (χ0n) is 13.7. The molecule has 2 aromatic rings. The summed E-state index contributed by atoms with van der Waals surface area (Å²) in [6.45, 7) is 1.89. The minimum absolute atomic E-state index is 0.0965. The van der Waals surface area contributed by atoms with Crippen LogP contribution in [-0.2, 0) is 11.2 Å². The van der Waals surface area contributed by atoms with E-state index in [1.54, 1.807) is 38.5 Å². The van der Waals surface area contributed by atoms with Gasteiger partial charge in [-0.2, -0.15) is 0 Å². The van der Waals surface area contributed by atoms with Crippen molar-refractivity contribution >= 4 is 29.1 Å². The maximum absolute atomic E-state index is 12.3. The molecule has 0 spiro atoms. The summed E-state index contributed by atoms with van der Waals surface area (Å²) < 4.78 is 10.4. The van der Waals surface area contributed by atoms with E-state index >= 15 is 0 Å². The van der Waals surface area contributed by atoms with Gasteiger partial charge in [0.1, 0.15) is 0 Å². The Morgan fingerprint density at radius 2 is 1.75 bits per heavy atom. The number of halogens is 2. The van der Waals surface area contributed by atoms with Gasteiger partial charge in [0, 0.05) is 0 Å². The van der Waals surface area contributed by atoms with Gasteiger partial charge in [-0.05, 0) is 42.3 Å². The van der Waals surface area contributed by atoms with E-state index in [2.05, 4.69) is 5.32 Å². The van der Waals surface area contributed by atoms with Gasteiger partial charge < -0.3 is 14.8 Å². The molecule has 0 aliphatic rings. The molecule has 24 heavy (non-hydrogen) atoms. The van der Waals surface area contributed by atoms with Gasteiger partial charge in [-0.1, -0.05) is 35.3 Å². The first-order valence-electron chi connectivity index (χ1n) is 7.39. The smallest absolute Gasteiger partial charge is 0.224 e. The summed E-state index contributed by atoms with van der Waals surface area (Å²) in [7, 11) is 3.14. The molecule has 2 aromatic carbocycles. The molecule has 6 heteroatoms. The minimum atomic E-state index is -0.174. The second kappa shape index (κ2) is 8.27. The fraction of sp³-hybridized carbons (Fsp3) is 0.278. The standard InChI is InChI=1S/C18H19Cl2NO3/c1-11(13-5-6-14(19)15(20)10-13)21-18(22)9-12-4-7-16(23-2)17(8-12)24-3/h4-8,10-11H,9H2,1-3H3,(H,21,22)/t11-/m1/s1. The zero-order chi connectivity index (χ0) is 17.7. The van der Waals surface area contributed by atoms with Gasteiger partial charge in [-0.3, -0.25) is 4.79 Å². The zero-order valence-corrected chi connectivity index (χ0v) is 15.2. The Kier molecular flexibility index (Phi) is 6.35. The summed E-state index contributed by atoms with van der Waals surface area (Å²) in [5, 5.41) is 3.90. The quantitative estimate of drug-likeness (QED) is 0.821. The molecule has 1 amide bonds. The Hall–Kier alpha value is -1.91. The van der Waals surface area contributed by atoms with Crippen LogP contribution >= 0.6 is 23.2 Å². The summed E-state index contributed by atoms with van der Waals surface area (Å²) in [5.74, 6) is 1.13. The first kappa shape index (κ1) is 18.4. The van der Waals surface area contributed by atoms with Crippen molar-refractivity contribution in [3.8, 4) is 11.5 Å². The molecule has 4 nitrogen and oxygen atoms in total. The lowest BCUT2D eigenvalue weighted by Gasteiger charge is -2.15. The van der Waals surface area contributed by atoms with Crippen LogP contribution < -0.4 is 14.8 Å². The molecule has 1 N–H and O–H groups in total. The number of hydrogen-bond acceptors (Lipinski definition) is 3. The monoisotopic (exact) mass is 367 g/mol. The van der Waals surface area contributed by atoms with Crippen LogP contribution in [0.5, 0.6) is 11.5 Å². The molecule has 0 fully saturated rings. The fourth-order valence-electron chi connectivity index (χ4n) is 2.33. The van der Waals surface area contributed by atoms with Crippen LogP contribution in [0.15, 0.2) is 36.4 Å². The molecular formula is C18H19Cl2NO3. The number of hydrogen-bond donors (Lipinski definition) is 1. The minimum Gasteiger partial charge on any atom is -0.493 e. The highest BCUT2D eigenvalue weighted by Gasteiger charge is 2.13. The average Bonchev–Trinajstić information content (AvgIpc) is 2.56. The third-order valence-corrected chi connectivity index (χ3v) is 4.37. The second-order valence-electron chi connectivity index (χ2n) is 5.33. The van der Waals surface area contributed by atoms with Crippen molar-refractivity contribution in [2.24, 2.45) is 0 Å². The van der Waals surface area contributed by atoms with Crippen molar-refractivity contribution in [3.05, 3.63) is 57.6 Å². The molecule has 0 aromatic heterocycles. The molecule has 0 aliphatic heterocycles. The number of rotatable bonds is 6. The Morgan fingerprint density at radius 1 is 1.04 bits per heavy atom. The largest absolute Gasteiger partial charge is 0.493 e. The van der Waals surface area contributed by atoms with E-state index in [1.165, 1.54) is 0 Å². The number of carbonyl (C=O) groups excluding carboxylic acids is 1. The molecule has 2 rings (SSSR count). The van der Waals surface area contributed by atoms with Crippen LogP contribution in [0.3, 0.4) is 0 Å². The average molecular weight is 368 g/mol. The fourth-order valence-corrected chi connectivity index (χ4v) is 2.64. The number of nitrogens with one attached hydrogen (secondary N) is 1. The number of methoxy groups -OCH3 is 2. The predicted molar refractivity (Wildman–Crippen MR) is 96.3 cm³/mol. The van der Waals surface area contributed by atoms with Crippen molar-refractivity contribution in [1.82, 2.24) is 5.32 Å². The Bertz CT molecular complexity index is 734. The molecular weight excluding hydrogens is 349 g/mol. The molecule has 0 radical (unpaired) electrons. The first-order valence-corrected chi connectivity index (χ1v) is 8.15. The van der Waals surface area contributed by atoms with Crippen molar-refractivity contribution in [1.29, 1.82) is 0 Å². The third kappa shape index (κ3) is 4.56. The van der Waals surface area contributed by atoms with Gasteiger partial charge in [0.25, 0.3) is 0 Å². The highest BCUT2D eigenvalue weighted by molar-refractivity contribution is 6.42. The van der Waals surface area contributed by atoms with E-state index in [9.17, 15) is 4.79 Å². The van der Waals surface area contributed by atoms with Crippen molar-refractivity contribution in [2.45, 2.75) is 19.4 Å². The summed E-state index contributed by atoms with van der Waals surface area (Å²) in [5.41, 5.74) is 1.73. The van der Waals surface area contributed by atoms with Gasteiger partial charge in [-0.25, -0.2) is 0 Å². The lowest BCUT2D eigenvalue weighted by Crippen LogP contribution is -2.28. The lowest BCUT2D eigenvalue weighted by molar-refractivity contribution is -0.121. The highest BCUT2D eigenvalue weighted by Crippen LogP contribution is 2.28. The second-order valence-corrected chi connectivity index (χ2v) is 6.14. The SMILES string of the molecule is COc1ccc(CC(=O)N[C@H](C)c2ccc(Cl)c(Cl)c2)cc1OC. The molecule has 0 saturated carbocycles. The maximum atomic E-state index is 12.3. The molecule has 1 atom stereocenters. The number of amides is 1. The molecule has 0 bridgehead atoms. The maximum Gasteiger partial charge on any atom is 0.224 e. The van der Waals surface area contributed by atoms with Gasteiger partial charge in [0.05, 0.1) is 36.7 Å². The van der Waals surface area contributed by atoms with Crippen LogP contribution in [0.25, 0.3) is 0 Å². The Labute approximate surface area is 151 Å². The number of carbonyl (C=O) groups is 1. The third-order valence-electron chi connectivity index (χ3n) is 3.63. The van der Waals surface area contributed by atoms with Crippen LogP contribution in [-0.4, -0.2) is 20.1 Å². The Balaban J connectivity index is 2.03. The van der Waals surface area contributed by atoms with Crippen molar-refractivity contribution in [2.75, 3.05) is 14.2 Å². The van der Waals surface area contributed by atoms with Crippen LogP contribution in [0.2, 0.25) is 10.0 Å². The summed E-state index contributed by atoms with van der Waals surface area (Å²) in [6, 6.07) is 10.6. The number of ether oxygens (including phenoxy) is 2. The Morgan fingerprint density at radius 3 is 2.38 bits per heavy atom. The van der Waals surface area contributed by atoms with E-state index in [1.807, 2.05) is 19.1 Å². The van der Waals surface area contributed by atoms with E-state index in [0.29, 0.717) is 21.5 Å². The summed E-state index contributed by atoms with van der Waals surface area (Å²) in [4.78, 5) is 12.3. The van der Waals surface area contributed by atoms with E-state index in [-0.39, 0.29) is 18.4 Å². The van der Waals surface area contributed by atoms with Gasteiger partial charge in [0.2, 0.25) is 5.91 Å². The normalized spacial score (nSPS) is 11.7. The van der Waals surface area contributed by atoms with E-state index in [4.69, 9.17) is 32.7 Å². The molecule has 128 valence electrons. The molecule has 0 heterocycles. The van der Waals surface area contributed by atoms with Gasteiger partial charge in [0.15, 0.2) is 11.5 Å². The van der Waals surface area contributed by atoms with E-state index in [0.717, 1.165) is 11.1 Å². The number of benzene rings is 2. The molecule has 0 unspecified atom stereocenters. The molecule has 0 saturated heterocycles. The topological polar surface area (TPSA) is 47.6 Å². The predicted octanol–water partition coefficient (Wildman–Crippen LogP) is 4.43. The van der Waals surface area contributed by atoms with E-state index < -0.39 is 0 Å². The van der Waals surface area contributed by atoms with Crippen LogP contribution in [0, 0.1) is 0 Å². The highest BCUT2D eigenvalue weighted by atomic mass is 35.5. The van der Waals surface area contributed by atoms with Crippen molar-refractivity contribution in [3.63, 3.8) is 0 Å². The summed E-state index contributed by atoms with van der Waals surface area (Å²) >= 11 is 11.9. The van der Waals surface area contributed by atoms with Gasteiger partial charge in [-0.15, -0.1) is 0 Å². The van der Waals surface area contributed by atoms with Crippen molar-refractivity contribution < 1.29 is 14.3 Å². The van der Waals surface area contributed by atoms with Gasteiger partial charge >= 0.3 is 0 Å². The summed E-state index contributed by atoms with van der Waals surface area (Å²) in [6.07, 6.45) is 0.242.